The second kappa shape index (κ2) is 4.09. The highest BCUT2D eigenvalue weighted by Crippen LogP contribution is 2.27. The Morgan fingerprint density at radius 2 is 1.93 bits per heavy atom. The summed E-state index contributed by atoms with van der Waals surface area (Å²) in [5.74, 6) is -0.192. The van der Waals surface area contributed by atoms with Crippen molar-refractivity contribution in [3.05, 3.63) is 0 Å². The molecule has 15 heavy (non-hydrogen) atoms. The number of carbonyl (C=O) groups is 1. The predicted molar refractivity (Wildman–Crippen MR) is 55.8 cm³/mol. The predicted octanol–water partition coefficient (Wildman–Crippen LogP) is -0.309. The van der Waals surface area contributed by atoms with Crippen LogP contribution in [0.2, 0.25) is 0 Å². The van der Waals surface area contributed by atoms with E-state index in [0.29, 0.717) is 13.1 Å². The zero-order valence-electron chi connectivity index (χ0n) is 8.61. The average Bonchev–Trinajstić information content (AvgIpc) is 2.71. The minimum absolute atomic E-state index is 0.00116. The maximum Gasteiger partial charge on any atom is 0.235 e. The quantitative estimate of drug-likeness (QED) is 0.710. The van der Waals surface area contributed by atoms with Gasteiger partial charge in [0.2, 0.25) is 15.9 Å². The van der Waals surface area contributed by atoms with Gasteiger partial charge in [-0.15, -0.1) is 0 Å². The molecular weight excluding hydrogens is 216 g/mol. The molecule has 0 bridgehead atoms. The fraction of sp³-hybridized carbons (Fsp3) is 0.889. The minimum Gasteiger partial charge on any atom is -0.354 e. The second-order valence-electron chi connectivity index (χ2n) is 4.13. The molecule has 0 aromatic carbocycles. The monoisotopic (exact) mass is 232 g/mol. The molecule has 1 N–H and O–H groups in total. The lowest BCUT2D eigenvalue weighted by atomic mass is 10.4. The lowest BCUT2D eigenvalue weighted by molar-refractivity contribution is -0.122. The van der Waals surface area contributed by atoms with Crippen LogP contribution in [-0.2, 0) is 14.8 Å². The van der Waals surface area contributed by atoms with Gasteiger partial charge in [-0.05, 0) is 12.8 Å². The standard InChI is InChI=1S/C9H16N2O3S/c12-9-7-11(6-5-10-9)15(13,14)8-3-1-2-4-8/h8H,1-7H2,(H,10,12). The lowest BCUT2D eigenvalue weighted by Gasteiger charge is -2.28. The van der Waals surface area contributed by atoms with Gasteiger partial charge in [-0.3, -0.25) is 4.79 Å². The van der Waals surface area contributed by atoms with Gasteiger partial charge in [0.25, 0.3) is 0 Å². The topological polar surface area (TPSA) is 66.5 Å². The van der Waals surface area contributed by atoms with Crippen molar-refractivity contribution in [1.82, 2.24) is 9.62 Å². The van der Waals surface area contributed by atoms with Crippen LogP contribution in [0.15, 0.2) is 0 Å². The Kier molecular flexibility index (Phi) is 2.97. The molecule has 6 heteroatoms. The molecular formula is C9H16N2O3S. The van der Waals surface area contributed by atoms with E-state index in [1.54, 1.807) is 0 Å². The van der Waals surface area contributed by atoms with Crippen LogP contribution in [0.4, 0.5) is 0 Å². The van der Waals surface area contributed by atoms with Crippen molar-refractivity contribution in [3.8, 4) is 0 Å². The average molecular weight is 232 g/mol. The van der Waals surface area contributed by atoms with Gasteiger partial charge in [-0.2, -0.15) is 4.31 Å². The summed E-state index contributed by atoms with van der Waals surface area (Å²) in [6.45, 7) is 0.855. The molecule has 0 aromatic heterocycles. The van der Waals surface area contributed by atoms with Gasteiger partial charge in [0, 0.05) is 13.1 Å². The normalized spacial score (nSPS) is 25.5. The lowest BCUT2D eigenvalue weighted by Crippen LogP contribution is -2.51. The molecule has 1 heterocycles. The van der Waals surface area contributed by atoms with E-state index in [0.717, 1.165) is 25.7 Å². The number of piperazine rings is 1. The highest BCUT2D eigenvalue weighted by atomic mass is 32.2. The first-order chi connectivity index (χ1) is 7.10. The second-order valence-corrected chi connectivity index (χ2v) is 6.35. The third-order valence-electron chi connectivity index (χ3n) is 3.09. The highest BCUT2D eigenvalue weighted by Gasteiger charge is 2.36. The van der Waals surface area contributed by atoms with Gasteiger partial charge in [-0.1, -0.05) is 12.8 Å². The molecule has 0 unspecified atom stereocenters. The van der Waals surface area contributed by atoms with E-state index in [9.17, 15) is 13.2 Å². The van der Waals surface area contributed by atoms with Crippen molar-refractivity contribution in [2.75, 3.05) is 19.6 Å². The molecule has 86 valence electrons. The maximum absolute atomic E-state index is 12.1. The van der Waals surface area contributed by atoms with Crippen molar-refractivity contribution < 1.29 is 13.2 Å². The summed E-state index contributed by atoms with van der Waals surface area (Å²) in [7, 11) is -3.22. The van der Waals surface area contributed by atoms with E-state index in [-0.39, 0.29) is 17.7 Å². The van der Waals surface area contributed by atoms with Gasteiger partial charge in [0.05, 0.1) is 11.8 Å². The van der Waals surface area contributed by atoms with Gasteiger partial charge in [0.1, 0.15) is 0 Å². The third kappa shape index (κ3) is 2.15. The summed E-state index contributed by atoms with van der Waals surface area (Å²) in [6, 6.07) is 0. The summed E-state index contributed by atoms with van der Waals surface area (Å²) in [5.41, 5.74) is 0. The van der Waals surface area contributed by atoms with Gasteiger partial charge < -0.3 is 5.32 Å². The Bertz CT molecular complexity index is 346. The number of nitrogens with one attached hydrogen (secondary N) is 1. The first-order valence-electron chi connectivity index (χ1n) is 5.36. The SMILES string of the molecule is O=C1CN(S(=O)(=O)C2CCCC2)CCN1. The van der Waals surface area contributed by atoms with Crippen LogP contribution in [0, 0.1) is 0 Å². The van der Waals surface area contributed by atoms with Crippen LogP contribution in [0.25, 0.3) is 0 Å². The van der Waals surface area contributed by atoms with Crippen LogP contribution < -0.4 is 5.32 Å². The van der Waals surface area contributed by atoms with Crippen LogP contribution in [0.3, 0.4) is 0 Å². The van der Waals surface area contributed by atoms with E-state index in [2.05, 4.69) is 5.32 Å². The molecule has 2 fully saturated rings. The number of hydrogen-bond donors (Lipinski definition) is 1. The van der Waals surface area contributed by atoms with Gasteiger partial charge in [-0.25, -0.2) is 8.42 Å². The number of sulfonamides is 1. The zero-order valence-corrected chi connectivity index (χ0v) is 9.42. The van der Waals surface area contributed by atoms with E-state index in [1.807, 2.05) is 0 Å². The van der Waals surface area contributed by atoms with Crippen molar-refractivity contribution in [2.24, 2.45) is 0 Å². The summed E-state index contributed by atoms with van der Waals surface area (Å²) in [6.07, 6.45) is 3.48. The molecule has 0 spiro atoms. The summed E-state index contributed by atoms with van der Waals surface area (Å²) in [4.78, 5) is 11.1. The Morgan fingerprint density at radius 3 is 2.53 bits per heavy atom. The number of nitrogens with zero attached hydrogens (tertiary/aromatic N) is 1. The Hall–Kier alpha value is -0.620. The summed E-state index contributed by atoms with van der Waals surface area (Å²) >= 11 is 0. The van der Waals surface area contributed by atoms with E-state index in [1.165, 1.54) is 4.31 Å². The third-order valence-corrected chi connectivity index (χ3v) is 5.43. The Balaban J connectivity index is 2.10. The molecule has 0 atom stereocenters. The van der Waals surface area contributed by atoms with Gasteiger partial charge in [0.15, 0.2) is 0 Å². The molecule has 0 radical (unpaired) electrons. The molecule has 5 nitrogen and oxygen atoms in total. The van der Waals surface area contributed by atoms with Crippen molar-refractivity contribution in [2.45, 2.75) is 30.9 Å². The Labute approximate surface area is 89.9 Å². The molecule has 1 saturated carbocycles. The van der Waals surface area contributed by atoms with Crippen LogP contribution >= 0.6 is 0 Å². The van der Waals surface area contributed by atoms with Crippen molar-refractivity contribution in [3.63, 3.8) is 0 Å². The van der Waals surface area contributed by atoms with E-state index in [4.69, 9.17) is 0 Å². The van der Waals surface area contributed by atoms with Crippen molar-refractivity contribution >= 4 is 15.9 Å². The number of hydrogen-bond acceptors (Lipinski definition) is 3. The molecule has 1 amide bonds. The van der Waals surface area contributed by atoms with E-state index < -0.39 is 10.0 Å². The smallest absolute Gasteiger partial charge is 0.235 e. The zero-order chi connectivity index (χ0) is 10.9. The Morgan fingerprint density at radius 1 is 1.27 bits per heavy atom. The first-order valence-corrected chi connectivity index (χ1v) is 6.87. The van der Waals surface area contributed by atoms with E-state index >= 15 is 0 Å². The van der Waals surface area contributed by atoms with Crippen LogP contribution in [-0.4, -0.2) is 43.5 Å². The molecule has 1 aliphatic carbocycles. The maximum atomic E-state index is 12.1. The molecule has 2 rings (SSSR count). The number of amides is 1. The fourth-order valence-corrected chi connectivity index (χ4v) is 4.22. The number of carbonyl (C=O) groups excluding carboxylic acids is 1. The summed E-state index contributed by atoms with van der Waals surface area (Å²) < 4.78 is 25.5. The molecule has 1 saturated heterocycles. The van der Waals surface area contributed by atoms with Crippen molar-refractivity contribution in [1.29, 1.82) is 0 Å². The largest absolute Gasteiger partial charge is 0.354 e. The highest BCUT2D eigenvalue weighted by molar-refractivity contribution is 7.89. The van der Waals surface area contributed by atoms with Gasteiger partial charge >= 0.3 is 0 Å². The van der Waals surface area contributed by atoms with Crippen LogP contribution in [0.1, 0.15) is 25.7 Å². The number of rotatable bonds is 2. The molecule has 1 aliphatic heterocycles. The first kappa shape index (κ1) is 10.9. The molecule has 2 aliphatic rings. The molecule has 0 aromatic rings. The van der Waals surface area contributed by atoms with Crippen LogP contribution in [0.5, 0.6) is 0 Å². The fourth-order valence-electron chi connectivity index (χ4n) is 2.23. The minimum atomic E-state index is -3.22. The summed E-state index contributed by atoms with van der Waals surface area (Å²) in [5, 5.41) is 2.38.